The van der Waals surface area contributed by atoms with Crippen LogP contribution in [0.4, 0.5) is 5.95 Å². The second kappa shape index (κ2) is 6.52. The van der Waals surface area contributed by atoms with Crippen molar-refractivity contribution in [3.63, 3.8) is 0 Å². The molecule has 2 atom stereocenters. The van der Waals surface area contributed by atoms with Gasteiger partial charge in [0, 0.05) is 25.3 Å². The number of carbonyl (C=O) groups excluding carboxylic acids is 1. The van der Waals surface area contributed by atoms with Crippen molar-refractivity contribution in [3.8, 4) is 0 Å². The molecule has 2 unspecified atom stereocenters. The third-order valence-corrected chi connectivity index (χ3v) is 8.03. The summed E-state index contributed by atoms with van der Waals surface area (Å²) in [5.41, 5.74) is 0.127. The molecule has 9 nitrogen and oxygen atoms in total. The van der Waals surface area contributed by atoms with E-state index in [1.54, 1.807) is 11.9 Å². The molecule has 25 heavy (non-hydrogen) atoms. The molecule has 1 aromatic heterocycles. The van der Waals surface area contributed by atoms with E-state index in [0.29, 0.717) is 12.8 Å². The Morgan fingerprint density at radius 2 is 1.84 bits per heavy atom. The van der Waals surface area contributed by atoms with Crippen LogP contribution in [-0.4, -0.2) is 74.9 Å². The molecule has 0 radical (unpaired) electrons. The van der Waals surface area contributed by atoms with Gasteiger partial charge in [0.15, 0.2) is 19.7 Å². The first-order chi connectivity index (χ1) is 11.7. The molecule has 1 aromatic rings. The van der Waals surface area contributed by atoms with Crippen molar-refractivity contribution in [1.29, 1.82) is 0 Å². The minimum atomic E-state index is -3.08. The second-order valence-corrected chi connectivity index (χ2v) is 10.9. The topological polar surface area (TPSA) is 126 Å². The van der Waals surface area contributed by atoms with Crippen LogP contribution in [0, 0.1) is 0 Å². The molecule has 0 bridgehead atoms. The minimum absolute atomic E-state index is 0.0449. The molecule has 11 heteroatoms. The van der Waals surface area contributed by atoms with Crippen molar-refractivity contribution in [2.45, 2.75) is 24.9 Å². The molecule has 1 N–H and O–H groups in total. The Kier molecular flexibility index (Phi) is 4.71. The number of aromatic nitrogens is 2. The average Bonchev–Trinajstić information content (AvgIpc) is 3.08. The fourth-order valence-corrected chi connectivity index (χ4v) is 6.50. The maximum Gasteiger partial charge on any atom is 0.270 e. The van der Waals surface area contributed by atoms with E-state index in [-0.39, 0.29) is 40.7 Å². The highest BCUT2D eigenvalue weighted by molar-refractivity contribution is 7.91. The average molecular weight is 388 g/mol. The standard InChI is InChI=1S/C14H20N4O5S2/c1-18(11-4-7-25(22,23)9-11)14-15-5-2-12(17-14)13(19)16-10-3-6-24(20,21)8-10/h2,5,10-11H,3-4,6-9H2,1H3,(H,16,19). The van der Waals surface area contributed by atoms with Crippen molar-refractivity contribution >= 4 is 31.5 Å². The van der Waals surface area contributed by atoms with Crippen LogP contribution in [0.2, 0.25) is 0 Å². The normalized spacial score (nSPS) is 27.1. The van der Waals surface area contributed by atoms with E-state index >= 15 is 0 Å². The zero-order chi connectivity index (χ0) is 18.2. The van der Waals surface area contributed by atoms with Gasteiger partial charge in [0.05, 0.1) is 23.0 Å². The molecule has 0 aromatic carbocycles. The molecule has 2 aliphatic heterocycles. The van der Waals surface area contributed by atoms with E-state index in [2.05, 4.69) is 15.3 Å². The van der Waals surface area contributed by atoms with Crippen molar-refractivity contribution in [1.82, 2.24) is 15.3 Å². The van der Waals surface area contributed by atoms with Crippen LogP contribution in [0.25, 0.3) is 0 Å². The summed E-state index contributed by atoms with van der Waals surface area (Å²) in [6.07, 6.45) is 2.33. The van der Waals surface area contributed by atoms with Crippen LogP contribution >= 0.6 is 0 Å². The fraction of sp³-hybridized carbons (Fsp3) is 0.643. The van der Waals surface area contributed by atoms with Gasteiger partial charge in [0.25, 0.3) is 5.91 Å². The highest BCUT2D eigenvalue weighted by Gasteiger charge is 2.32. The molecule has 2 fully saturated rings. The number of anilines is 1. The van der Waals surface area contributed by atoms with Crippen molar-refractivity contribution in [2.75, 3.05) is 35.0 Å². The Balaban J connectivity index is 1.70. The van der Waals surface area contributed by atoms with E-state index in [9.17, 15) is 21.6 Å². The van der Waals surface area contributed by atoms with Gasteiger partial charge in [-0.3, -0.25) is 4.79 Å². The number of nitrogens with zero attached hydrogens (tertiary/aromatic N) is 3. The van der Waals surface area contributed by atoms with E-state index in [4.69, 9.17) is 0 Å². The number of hydrogen-bond donors (Lipinski definition) is 1. The fourth-order valence-electron chi connectivity index (χ4n) is 3.06. The molecule has 0 saturated carbocycles. The second-order valence-electron chi connectivity index (χ2n) is 6.48. The van der Waals surface area contributed by atoms with Crippen LogP contribution in [-0.2, 0) is 19.7 Å². The quantitative estimate of drug-likeness (QED) is 0.697. The maximum absolute atomic E-state index is 12.3. The van der Waals surface area contributed by atoms with Gasteiger partial charge < -0.3 is 10.2 Å². The summed E-state index contributed by atoms with van der Waals surface area (Å²) in [5.74, 6) is 0.0104. The molecule has 1 amide bonds. The third-order valence-electron chi connectivity index (χ3n) is 4.51. The van der Waals surface area contributed by atoms with Gasteiger partial charge >= 0.3 is 0 Å². The van der Waals surface area contributed by atoms with Gasteiger partial charge in [0.1, 0.15) is 5.69 Å². The number of hydrogen-bond acceptors (Lipinski definition) is 8. The number of amides is 1. The van der Waals surface area contributed by atoms with Crippen LogP contribution in [0.1, 0.15) is 23.3 Å². The molecule has 3 heterocycles. The van der Waals surface area contributed by atoms with Crippen LogP contribution in [0.3, 0.4) is 0 Å². The molecular weight excluding hydrogens is 368 g/mol. The molecule has 2 aliphatic rings. The summed E-state index contributed by atoms with van der Waals surface area (Å²) < 4.78 is 46.2. The predicted molar refractivity (Wildman–Crippen MR) is 92.0 cm³/mol. The summed E-state index contributed by atoms with van der Waals surface area (Å²) in [5, 5.41) is 2.68. The van der Waals surface area contributed by atoms with Gasteiger partial charge in [-0.2, -0.15) is 0 Å². The Bertz CT molecular complexity index is 884. The monoisotopic (exact) mass is 388 g/mol. The first-order valence-electron chi connectivity index (χ1n) is 7.93. The largest absolute Gasteiger partial charge is 0.347 e. The van der Waals surface area contributed by atoms with Crippen LogP contribution in [0.15, 0.2) is 12.3 Å². The van der Waals surface area contributed by atoms with Crippen molar-refractivity contribution in [2.24, 2.45) is 0 Å². The van der Waals surface area contributed by atoms with Crippen molar-refractivity contribution < 1.29 is 21.6 Å². The van der Waals surface area contributed by atoms with E-state index < -0.39 is 31.6 Å². The lowest BCUT2D eigenvalue weighted by Gasteiger charge is -2.23. The maximum atomic E-state index is 12.3. The number of rotatable bonds is 4. The number of nitrogens with one attached hydrogen (secondary N) is 1. The Hall–Kier alpha value is -1.75. The lowest BCUT2D eigenvalue weighted by molar-refractivity contribution is 0.0936. The summed E-state index contributed by atoms with van der Waals surface area (Å²) in [4.78, 5) is 22.3. The number of sulfone groups is 2. The first kappa shape index (κ1) is 18.1. The van der Waals surface area contributed by atoms with E-state index in [1.807, 2.05) is 0 Å². The lowest BCUT2D eigenvalue weighted by atomic mass is 10.2. The molecule has 2 saturated heterocycles. The van der Waals surface area contributed by atoms with Gasteiger partial charge in [-0.25, -0.2) is 26.8 Å². The van der Waals surface area contributed by atoms with Gasteiger partial charge in [0.2, 0.25) is 5.95 Å². The molecular formula is C14H20N4O5S2. The molecule has 138 valence electrons. The van der Waals surface area contributed by atoms with E-state index in [0.717, 1.165) is 0 Å². The zero-order valence-corrected chi connectivity index (χ0v) is 15.4. The Morgan fingerprint density at radius 1 is 1.16 bits per heavy atom. The summed E-state index contributed by atoms with van der Waals surface area (Å²) >= 11 is 0. The Labute approximate surface area is 146 Å². The summed E-state index contributed by atoms with van der Waals surface area (Å²) in [6.45, 7) is 0. The smallest absolute Gasteiger partial charge is 0.270 e. The van der Waals surface area contributed by atoms with Gasteiger partial charge in [-0.15, -0.1) is 0 Å². The Morgan fingerprint density at radius 3 is 2.44 bits per heavy atom. The summed E-state index contributed by atoms with van der Waals surface area (Å²) in [7, 11) is -4.41. The third kappa shape index (κ3) is 4.27. The zero-order valence-electron chi connectivity index (χ0n) is 13.8. The molecule has 3 rings (SSSR count). The number of carbonyl (C=O) groups is 1. The lowest BCUT2D eigenvalue weighted by Crippen LogP contribution is -2.37. The van der Waals surface area contributed by atoms with Crippen molar-refractivity contribution in [3.05, 3.63) is 18.0 Å². The molecule has 0 spiro atoms. The minimum Gasteiger partial charge on any atom is -0.347 e. The first-order valence-corrected chi connectivity index (χ1v) is 11.6. The van der Waals surface area contributed by atoms with Crippen LogP contribution < -0.4 is 10.2 Å². The predicted octanol–water partition coefficient (Wildman–Crippen LogP) is -0.983. The summed E-state index contributed by atoms with van der Waals surface area (Å²) in [6, 6.07) is 0.818. The highest BCUT2D eigenvalue weighted by Crippen LogP contribution is 2.20. The van der Waals surface area contributed by atoms with Gasteiger partial charge in [-0.1, -0.05) is 0 Å². The van der Waals surface area contributed by atoms with Gasteiger partial charge in [-0.05, 0) is 18.9 Å². The highest BCUT2D eigenvalue weighted by atomic mass is 32.2. The van der Waals surface area contributed by atoms with E-state index in [1.165, 1.54) is 12.3 Å². The van der Waals surface area contributed by atoms with Crippen LogP contribution in [0.5, 0.6) is 0 Å². The molecule has 0 aliphatic carbocycles. The SMILES string of the molecule is CN(c1nccc(C(=O)NC2CCS(=O)(=O)C2)n1)C1CCS(=O)(=O)C1.